The van der Waals surface area contributed by atoms with E-state index in [2.05, 4.69) is 26.1 Å². The Balaban J connectivity index is 2.02. The smallest absolute Gasteiger partial charge is 0.203 e. The molecule has 1 aromatic heterocycles. The van der Waals surface area contributed by atoms with Crippen LogP contribution in [0.4, 0.5) is 5.13 Å². The third-order valence-corrected chi connectivity index (χ3v) is 4.58. The van der Waals surface area contributed by atoms with Gasteiger partial charge in [-0.25, -0.2) is 0 Å². The second-order valence-electron chi connectivity index (χ2n) is 3.16. The zero-order valence-electron chi connectivity index (χ0n) is 9.01. The van der Waals surface area contributed by atoms with Crippen molar-refractivity contribution in [3.05, 3.63) is 28.2 Å². The highest BCUT2D eigenvalue weighted by molar-refractivity contribution is 9.10. The Kier molecular flexibility index (Phi) is 4.25. The van der Waals surface area contributed by atoms with Gasteiger partial charge >= 0.3 is 0 Å². The summed E-state index contributed by atoms with van der Waals surface area (Å²) in [4.78, 5) is 0. The summed E-state index contributed by atoms with van der Waals surface area (Å²) < 4.78 is 7.01. The van der Waals surface area contributed by atoms with Crippen LogP contribution in [0.3, 0.4) is 0 Å². The molecule has 1 heterocycles. The number of thioether (sulfide) groups is 1. The molecule has 0 radical (unpaired) electrons. The average molecular weight is 332 g/mol. The van der Waals surface area contributed by atoms with Crippen LogP contribution in [-0.2, 0) is 5.75 Å². The van der Waals surface area contributed by atoms with Gasteiger partial charge in [0.15, 0.2) is 4.34 Å². The second kappa shape index (κ2) is 5.70. The maximum absolute atomic E-state index is 5.52. The third-order valence-electron chi connectivity index (χ3n) is 2.00. The quantitative estimate of drug-likeness (QED) is 0.872. The standard InChI is InChI=1S/C10H10BrN3OS2/c1-15-8-3-2-6(4-7(8)11)5-16-10-14-13-9(12)17-10/h2-4H,5H2,1H3,(H2,12,13). The molecule has 90 valence electrons. The summed E-state index contributed by atoms with van der Waals surface area (Å²) in [5.74, 6) is 1.66. The lowest BCUT2D eigenvalue weighted by molar-refractivity contribution is 0.412. The molecule has 0 aliphatic heterocycles. The summed E-state index contributed by atoms with van der Waals surface area (Å²) >= 11 is 6.48. The number of halogens is 1. The van der Waals surface area contributed by atoms with E-state index in [1.54, 1.807) is 18.9 Å². The Morgan fingerprint density at radius 2 is 2.29 bits per heavy atom. The molecule has 0 fully saturated rings. The van der Waals surface area contributed by atoms with Crippen molar-refractivity contribution in [1.82, 2.24) is 10.2 Å². The first-order valence-corrected chi connectivity index (χ1v) is 7.32. The van der Waals surface area contributed by atoms with Crippen LogP contribution in [-0.4, -0.2) is 17.3 Å². The number of hydrogen-bond donors (Lipinski definition) is 1. The highest BCUT2D eigenvalue weighted by Crippen LogP contribution is 2.30. The van der Waals surface area contributed by atoms with Gasteiger partial charge < -0.3 is 10.5 Å². The monoisotopic (exact) mass is 331 g/mol. The summed E-state index contributed by atoms with van der Waals surface area (Å²) in [5.41, 5.74) is 6.71. The van der Waals surface area contributed by atoms with E-state index in [1.807, 2.05) is 18.2 Å². The molecule has 0 spiro atoms. The number of ether oxygens (including phenoxy) is 1. The van der Waals surface area contributed by atoms with E-state index in [1.165, 1.54) is 16.9 Å². The summed E-state index contributed by atoms with van der Waals surface area (Å²) in [6.45, 7) is 0. The number of rotatable bonds is 4. The number of hydrogen-bond acceptors (Lipinski definition) is 6. The van der Waals surface area contributed by atoms with Crippen molar-refractivity contribution in [3.63, 3.8) is 0 Å². The lowest BCUT2D eigenvalue weighted by Gasteiger charge is -2.05. The van der Waals surface area contributed by atoms with Crippen molar-refractivity contribution in [1.29, 1.82) is 0 Å². The minimum absolute atomic E-state index is 0.503. The van der Waals surface area contributed by atoms with Crippen LogP contribution in [0, 0.1) is 0 Å². The Morgan fingerprint density at radius 1 is 1.47 bits per heavy atom. The van der Waals surface area contributed by atoms with Crippen LogP contribution >= 0.6 is 39.0 Å². The molecule has 17 heavy (non-hydrogen) atoms. The third kappa shape index (κ3) is 3.34. The van der Waals surface area contributed by atoms with E-state index in [4.69, 9.17) is 10.5 Å². The lowest BCUT2D eigenvalue weighted by Crippen LogP contribution is -1.86. The molecule has 2 rings (SSSR count). The van der Waals surface area contributed by atoms with Crippen molar-refractivity contribution in [3.8, 4) is 5.75 Å². The molecule has 7 heteroatoms. The molecule has 0 saturated carbocycles. The average Bonchev–Trinajstić information content (AvgIpc) is 2.73. The zero-order chi connectivity index (χ0) is 12.3. The van der Waals surface area contributed by atoms with Gasteiger partial charge in [0.1, 0.15) is 5.75 Å². The fraction of sp³-hybridized carbons (Fsp3) is 0.200. The molecule has 0 aliphatic carbocycles. The van der Waals surface area contributed by atoms with Gasteiger partial charge in [0, 0.05) is 5.75 Å². The van der Waals surface area contributed by atoms with Crippen LogP contribution in [0.5, 0.6) is 5.75 Å². The normalized spacial score (nSPS) is 10.5. The molecule has 0 unspecified atom stereocenters. The van der Waals surface area contributed by atoms with Gasteiger partial charge in [-0.3, -0.25) is 0 Å². The van der Waals surface area contributed by atoms with Crippen LogP contribution < -0.4 is 10.5 Å². The fourth-order valence-electron chi connectivity index (χ4n) is 1.22. The molecule has 0 aliphatic rings. The molecule has 2 N–H and O–H groups in total. The van der Waals surface area contributed by atoms with Gasteiger partial charge in [0.25, 0.3) is 0 Å². The summed E-state index contributed by atoms with van der Waals surface area (Å²) in [6, 6.07) is 6.01. The highest BCUT2D eigenvalue weighted by atomic mass is 79.9. The number of nitrogens with two attached hydrogens (primary N) is 1. The van der Waals surface area contributed by atoms with Gasteiger partial charge in [-0.2, -0.15) is 0 Å². The first-order valence-electron chi connectivity index (χ1n) is 4.73. The van der Waals surface area contributed by atoms with Crippen LogP contribution in [0.2, 0.25) is 0 Å². The molecule has 0 amide bonds. The fourth-order valence-corrected chi connectivity index (χ4v) is 3.39. The van der Waals surface area contributed by atoms with Crippen LogP contribution in [0.15, 0.2) is 27.0 Å². The zero-order valence-corrected chi connectivity index (χ0v) is 12.2. The van der Waals surface area contributed by atoms with Gasteiger partial charge in [-0.15, -0.1) is 10.2 Å². The first-order chi connectivity index (χ1) is 8.19. The van der Waals surface area contributed by atoms with Crippen molar-refractivity contribution in [2.45, 2.75) is 10.1 Å². The van der Waals surface area contributed by atoms with Crippen molar-refractivity contribution in [2.75, 3.05) is 12.8 Å². The highest BCUT2D eigenvalue weighted by Gasteiger charge is 2.05. The molecule has 0 saturated heterocycles. The van der Waals surface area contributed by atoms with E-state index in [-0.39, 0.29) is 0 Å². The Bertz CT molecular complexity index is 518. The first kappa shape index (κ1) is 12.7. The van der Waals surface area contributed by atoms with E-state index >= 15 is 0 Å². The molecule has 1 aromatic carbocycles. The minimum Gasteiger partial charge on any atom is -0.496 e. The number of benzene rings is 1. The SMILES string of the molecule is COc1ccc(CSc2nnc(N)s2)cc1Br. The summed E-state index contributed by atoms with van der Waals surface area (Å²) in [6.07, 6.45) is 0. The summed E-state index contributed by atoms with van der Waals surface area (Å²) in [7, 11) is 1.65. The number of anilines is 1. The van der Waals surface area contributed by atoms with Crippen LogP contribution in [0.1, 0.15) is 5.56 Å². The molecule has 0 bridgehead atoms. The van der Waals surface area contributed by atoms with E-state index < -0.39 is 0 Å². The van der Waals surface area contributed by atoms with Gasteiger partial charge in [0.05, 0.1) is 11.6 Å². The lowest BCUT2D eigenvalue weighted by atomic mass is 10.2. The van der Waals surface area contributed by atoms with Crippen LogP contribution in [0.25, 0.3) is 0 Å². The second-order valence-corrected chi connectivity index (χ2v) is 6.25. The van der Waals surface area contributed by atoms with E-state index in [0.717, 1.165) is 20.3 Å². The minimum atomic E-state index is 0.503. The van der Waals surface area contributed by atoms with Crippen molar-refractivity contribution >= 4 is 44.2 Å². The van der Waals surface area contributed by atoms with Gasteiger partial charge in [0.2, 0.25) is 5.13 Å². The molecular formula is C10H10BrN3OS2. The number of nitrogens with zero attached hydrogens (tertiary/aromatic N) is 2. The van der Waals surface area contributed by atoms with E-state index in [0.29, 0.717) is 5.13 Å². The maximum Gasteiger partial charge on any atom is 0.203 e. The van der Waals surface area contributed by atoms with Gasteiger partial charge in [-0.05, 0) is 33.6 Å². The Morgan fingerprint density at radius 3 is 2.88 bits per heavy atom. The summed E-state index contributed by atoms with van der Waals surface area (Å²) in [5, 5.41) is 8.23. The largest absolute Gasteiger partial charge is 0.496 e. The maximum atomic E-state index is 5.52. The van der Waals surface area contributed by atoms with E-state index in [9.17, 15) is 0 Å². The van der Waals surface area contributed by atoms with Crippen molar-refractivity contribution < 1.29 is 4.74 Å². The number of aromatic nitrogens is 2. The number of methoxy groups -OCH3 is 1. The Hall–Kier alpha value is -0.790. The molecule has 2 aromatic rings. The molecular weight excluding hydrogens is 322 g/mol. The predicted molar refractivity (Wildman–Crippen MR) is 74.6 cm³/mol. The van der Waals surface area contributed by atoms with Crippen molar-refractivity contribution in [2.24, 2.45) is 0 Å². The van der Waals surface area contributed by atoms with Gasteiger partial charge in [-0.1, -0.05) is 29.2 Å². The molecule has 0 atom stereocenters. The Labute approximate surface area is 116 Å². The number of nitrogen functional groups attached to an aromatic ring is 1. The molecule has 4 nitrogen and oxygen atoms in total. The topological polar surface area (TPSA) is 61.0 Å². The predicted octanol–water partition coefficient (Wildman–Crippen LogP) is 3.18.